The number of anilines is 1. The van der Waals surface area contributed by atoms with E-state index in [0.717, 1.165) is 5.56 Å². The third kappa shape index (κ3) is 7.36. The van der Waals surface area contributed by atoms with E-state index in [-0.39, 0.29) is 31.8 Å². The number of benzene rings is 1. The van der Waals surface area contributed by atoms with Gasteiger partial charge in [-0.15, -0.1) is 10.2 Å². The first-order valence-electron chi connectivity index (χ1n) is 14.5. The summed E-state index contributed by atoms with van der Waals surface area (Å²) in [5.74, 6) is 2.21. The van der Waals surface area contributed by atoms with E-state index < -0.39 is 35.5 Å². The molecule has 0 amide bonds. The van der Waals surface area contributed by atoms with Crippen LogP contribution in [0, 0.1) is 6.92 Å². The van der Waals surface area contributed by atoms with E-state index in [1.165, 1.54) is 4.31 Å². The van der Waals surface area contributed by atoms with Gasteiger partial charge in [0.2, 0.25) is 16.0 Å². The van der Waals surface area contributed by atoms with E-state index in [9.17, 15) is 8.42 Å². The Morgan fingerprint density at radius 3 is 2.42 bits per heavy atom. The van der Waals surface area contributed by atoms with Crippen molar-refractivity contribution in [2.24, 2.45) is 0 Å². The second-order valence-corrected chi connectivity index (χ2v) is 20.2. The minimum Gasteiger partial charge on any atom is -0.497 e. The van der Waals surface area contributed by atoms with Crippen LogP contribution in [0.2, 0.25) is 25.7 Å². The van der Waals surface area contributed by atoms with E-state index in [4.69, 9.17) is 18.9 Å². The standard InChI is InChI=1S/C29H44N6O6SSi/c1-19(2)41-26(27-30-15-20(3)16-31-27)21(4)42(36,37)34(12-13-43(7,8)9)29-33-32-28-24-14-23(39-6)10-11-25(24)40-18-22(17-38-5)35(28)29/h10-11,14-16,19,21-22,26H,12-13,17-18H2,1-9H3/t21-,22+,26+/m0/s1. The van der Waals surface area contributed by atoms with Gasteiger partial charge >= 0.3 is 0 Å². The lowest BCUT2D eigenvalue weighted by Gasteiger charge is -2.33. The highest BCUT2D eigenvalue weighted by atomic mass is 32.2. The fourth-order valence-electron chi connectivity index (χ4n) is 4.84. The predicted molar refractivity (Wildman–Crippen MR) is 168 cm³/mol. The largest absolute Gasteiger partial charge is 0.497 e. The number of hydrogen-bond acceptors (Lipinski definition) is 10. The molecule has 0 unspecified atom stereocenters. The summed E-state index contributed by atoms with van der Waals surface area (Å²) in [6, 6.07) is 5.75. The lowest BCUT2D eigenvalue weighted by Crippen LogP contribution is -2.45. The van der Waals surface area contributed by atoms with E-state index in [1.807, 2.05) is 43.5 Å². The zero-order valence-corrected chi connectivity index (χ0v) is 28.4. The fourth-order valence-corrected chi connectivity index (χ4v) is 7.50. The third-order valence-corrected chi connectivity index (χ3v) is 11.1. The molecule has 0 saturated heterocycles. The highest BCUT2D eigenvalue weighted by Gasteiger charge is 2.42. The zero-order valence-electron chi connectivity index (χ0n) is 26.6. The maximum atomic E-state index is 14.7. The van der Waals surface area contributed by atoms with E-state index in [1.54, 1.807) is 33.5 Å². The highest BCUT2D eigenvalue weighted by molar-refractivity contribution is 7.93. The number of aromatic nitrogens is 5. The molecule has 2 aromatic heterocycles. The quantitative estimate of drug-likeness (QED) is 0.245. The summed E-state index contributed by atoms with van der Waals surface area (Å²) in [4.78, 5) is 8.89. The molecule has 0 radical (unpaired) electrons. The number of methoxy groups -OCH3 is 2. The minimum absolute atomic E-state index is 0.203. The van der Waals surface area contributed by atoms with Crippen molar-refractivity contribution in [3.05, 3.63) is 42.0 Å². The van der Waals surface area contributed by atoms with Crippen LogP contribution in [0.1, 0.15) is 44.3 Å². The van der Waals surface area contributed by atoms with Gasteiger partial charge in [-0.2, -0.15) is 0 Å². The summed E-state index contributed by atoms with van der Waals surface area (Å²) in [5.41, 5.74) is 1.52. The van der Waals surface area contributed by atoms with Gasteiger partial charge in [0, 0.05) is 34.1 Å². The summed E-state index contributed by atoms with van der Waals surface area (Å²) in [6.45, 7) is 14.6. The van der Waals surface area contributed by atoms with Crippen LogP contribution in [0.4, 0.5) is 5.95 Å². The van der Waals surface area contributed by atoms with Crippen LogP contribution < -0.4 is 13.8 Å². The molecule has 1 aliphatic heterocycles. The van der Waals surface area contributed by atoms with Crippen molar-refractivity contribution in [1.82, 2.24) is 24.7 Å². The van der Waals surface area contributed by atoms with Crippen LogP contribution in [-0.2, 0) is 19.5 Å². The van der Waals surface area contributed by atoms with Gasteiger partial charge in [-0.05, 0) is 57.5 Å². The lowest BCUT2D eigenvalue weighted by atomic mass is 10.1. The minimum atomic E-state index is -4.10. The summed E-state index contributed by atoms with van der Waals surface area (Å²) >= 11 is 0. The summed E-state index contributed by atoms with van der Waals surface area (Å²) in [5, 5.41) is 8.03. The van der Waals surface area contributed by atoms with Gasteiger partial charge in [0.15, 0.2) is 11.6 Å². The molecule has 43 heavy (non-hydrogen) atoms. The Morgan fingerprint density at radius 1 is 1.12 bits per heavy atom. The van der Waals surface area contributed by atoms with Gasteiger partial charge in [-0.1, -0.05) is 19.6 Å². The van der Waals surface area contributed by atoms with Gasteiger partial charge in [0.05, 0.1) is 31.4 Å². The van der Waals surface area contributed by atoms with Crippen molar-refractivity contribution in [3.8, 4) is 22.9 Å². The van der Waals surface area contributed by atoms with Crippen LogP contribution in [0.15, 0.2) is 30.6 Å². The van der Waals surface area contributed by atoms with Crippen molar-refractivity contribution in [3.63, 3.8) is 0 Å². The molecule has 3 atom stereocenters. The molecule has 3 heterocycles. The average molecular weight is 633 g/mol. The first-order chi connectivity index (χ1) is 20.3. The monoisotopic (exact) mass is 632 g/mol. The number of nitrogens with zero attached hydrogens (tertiary/aromatic N) is 6. The number of aryl methyl sites for hydroxylation is 1. The maximum Gasteiger partial charge on any atom is 0.243 e. The van der Waals surface area contributed by atoms with Gasteiger partial charge in [0.25, 0.3) is 0 Å². The predicted octanol–water partition coefficient (Wildman–Crippen LogP) is 4.66. The number of ether oxygens (including phenoxy) is 4. The SMILES string of the molecule is COC[C@@H]1COc2ccc(OC)cc2-c2nnc(N(CC[Si](C)(C)C)S(=O)(=O)[C@@H](C)[C@@H](OC(C)C)c3ncc(C)cn3)n21. The van der Waals surface area contributed by atoms with Crippen molar-refractivity contribution in [2.45, 2.75) is 76.9 Å². The van der Waals surface area contributed by atoms with Gasteiger partial charge in [-0.3, -0.25) is 4.57 Å². The summed E-state index contributed by atoms with van der Waals surface area (Å²) < 4.78 is 56.1. The van der Waals surface area contributed by atoms with E-state index in [2.05, 4.69) is 39.8 Å². The van der Waals surface area contributed by atoms with Gasteiger partial charge in [0.1, 0.15) is 29.5 Å². The molecule has 0 bridgehead atoms. The number of fused-ring (bicyclic) bond motifs is 3. The maximum absolute atomic E-state index is 14.7. The Hall–Kier alpha value is -3.07. The molecular formula is C29H44N6O6SSi. The highest BCUT2D eigenvalue weighted by Crippen LogP contribution is 2.40. The first-order valence-corrected chi connectivity index (χ1v) is 19.7. The van der Waals surface area contributed by atoms with Gasteiger partial charge < -0.3 is 18.9 Å². The molecule has 0 spiro atoms. The van der Waals surface area contributed by atoms with Crippen molar-refractivity contribution in [1.29, 1.82) is 0 Å². The molecule has 236 valence electrons. The molecule has 1 aromatic carbocycles. The number of hydrogen-bond donors (Lipinski definition) is 0. The molecule has 12 nitrogen and oxygen atoms in total. The first kappa shape index (κ1) is 32.8. The van der Waals surface area contributed by atoms with Crippen molar-refractivity contribution >= 4 is 24.0 Å². The van der Waals surface area contributed by atoms with Gasteiger partial charge in [-0.25, -0.2) is 22.7 Å². The number of sulfonamides is 1. The Bertz CT molecular complexity index is 1490. The summed E-state index contributed by atoms with van der Waals surface area (Å²) in [6.07, 6.45) is 2.17. The Balaban J connectivity index is 1.88. The Labute approximate surface area is 255 Å². The van der Waals surface area contributed by atoms with Crippen molar-refractivity contribution in [2.75, 3.05) is 38.3 Å². The second kappa shape index (κ2) is 13.3. The molecule has 0 aliphatic carbocycles. The molecule has 3 aromatic rings. The van der Waals surface area contributed by atoms with Crippen LogP contribution in [0.25, 0.3) is 11.4 Å². The van der Waals surface area contributed by atoms with Crippen LogP contribution in [0.3, 0.4) is 0 Å². The molecule has 0 fully saturated rings. The molecule has 4 rings (SSSR count). The lowest BCUT2D eigenvalue weighted by molar-refractivity contribution is 0.00139. The van der Waals surface area contributed by atoms with Crippen LogP contribution >= 0.6 is 0 Å². The van der Waals surface area contributed by atoms with Crippen LogP contribution in [0.5, 0.6) is 11.5 Å². The Kier molecular flexibility index (Phi) is 10.1. The smallest absolute Gasteiger partial charge is 0.243 e. The molecule has 14 heteroatoms. The van der Waals surface area contributed by atoms with Crippen molar-refractivity contribution < 1.29 is 27.4 Å². The third-order valence-electron chi connectivity index (χ3n) is 7.23. The van der Waals surface area contributed by atoms with E-state index >= 15 is 0 Å². The Morgan fingerprint density at radius 2 is 1.81 bits per heavy atom. The van der Waals surface area contributed by atoms with Crippen LogP contribution in [-0.4, -0.2) is 86.6 Å². The molecular weight excluding hydrogens is 589 g/mol. The second-order valence-electron chi connectivity index (χ2n) is 12.3. The topological polar surface area (TPSA) is 131 Å². The molecule has 1 aliphatic rings. The molecule has 0 saturated carbocycles. The van der Waals surface area contributed by atoms with E-state index in [0.29, 0.717) is 34.8 Å². The zero-order chi connectivity index (χ0) is 31.5. The number of rotatable bonds is 13. The normalized spacial score (nSPS) is 16.6. The molecule has 0 N–H and O–H groups in total. The fraction of sp³-hybridized carbons (Fsp3) is 0.586. The average Bonchev–Trinajstić information content (AvgIpc) is 3.31. The summed E-state index contributed by atoms with van der Waals surface area (Å²) in [7, 11) is -2.62.